The summed E-state index contributed by atoms with van der Waals surface area (Å²) in [6.45, 7) is 3.39. The summed E-state index contributed by atoms with van der Waals surface area (Å²) in [6, 6.07) is 5.35. The number of thiophene rings is 1. The molecule has 6 nitrogen and oxygen atoms in total. The molecule has 3 aromatic rings. The Kier molecular flexibility index (Phi) is 4.06. The predicted octanol–water partition coefficient (Wildman–Crippen LogP) is 2.61. The van der Waals surface area contributed by atoms with Gasteiger partial charge in [0.15, 0.2) is 0 Å². The summed E-state index contributed by atoms with van der Waals surface area (Å²) >= 11 is 1.41. The third-order valence-electron chi connectivity index (χ3n) is 3.69. The summed E-state index contributed by atoms with van der Waals surface area (Å²) in [4.78, 5) is 13.1. The van der Waals surface area contributed by atoms with Crippen LogP contribution in [-0.2, 0) is 5.60 Å². The monoisotopic (exact) mass is 332 g/mol. The summed E-state index contributed by atoms with van der Waals surface area (Å²) in [5.74, 6) is 0.114. The van der Waals surface area contributed by atoms with Gasteiger partial charge in [0.05, 0.1) is 24.8 Å². The number of aromatic nitrogens is 1. The Labute approximate surface area is 136 Å². The van der Waals surface area contributed by atoms with E-state index in [9.17, 15) is 9.90 Å². The van der Waals surface area contributed by atoms with Crippen molar-refractivity contribution in [3.05, 3.63) is 63.6 Å². The van der Waals surface area contributed by atoms with E-state index < -0.39 is 5.60 Å². The molecule has 0 aliphatic rings. The van der Waals surface area contributed by atoms with Gasteiger partial charge in [-0.05, 0) is 31.4 Å². The first-order chi connectivity index (χ1) is 11.0. The van der Waals surface area contributed by atoms with Gasteiger partial charge in [-0.15, -0.1) is 11.3 Å². The molecule has 0 fully saturated rings. The van der Waals surface area contributed by atoms with Crippen LogP contribution in [0.5, 0.6) is 0 Å². The summed E-state index contributed by atoms with van der Waals surface area (Å²) in [7, 11) is 0. The molecule has 0 aliphatic carbocycles. The molecule has 7 heteroatoms. The van der Waals surface area contributed by atoms with Crippen LogP contribution < -0.4 is 5.32 Å². The predicted molar refractivity (Wildman–Crippen MR) is 84.3 cm³/mol. The highest BCUT2D eigenvalue weighted by atomic mass is 32.1. The van der Waals surface area contributed by atoms with Gasteiger partial charge in [-0.2, -0.15) is 0 Å². The van der Waals surface area contributed by atoms with Crippen LogP contribution in [0.3, 0.4) is 0 Å². The number of rotatable bonds is 5. The number of hydrogen-bond donors (Lipinski definition) is 2. The van der Waals surface area contributed by atoms with Crippen molar-refractivity contribution in [2.75, 3.05) is 6.54 Å². The van der Waals surface area contributed by atoms with Crippen LogP contribution >= 0.6 is 11.3 Å². The van der Waals surface area contributed by atoms with E-state index in [4.69, 9.17) is 8.94 Å². The minimum atomic E-state index is -1.35. The zero-order chi connectivity index (χ0) is 16.4. The fraction of sp³-hybridized carbons (Fsp3) is 0.250. The van der Waals surface area contributed by atoms with E-state index in [0.717, 1.165) is 4.88 Å². The molecule has 23 heavy (non-hydrogen) atoms. The Morgan fingerprint density at radius 3 is 2.83 bits per heavy atom. The molecule has 3 rings (SSSR count). The third-order valence-corrected chi connectivity index (χ3v) is 4.71. The molecule has 1 amide bonds. The van der Waals surface area contributed by atoms with Gasteiger partial charge in [-0.25, -0.2) is 0 Å². The van der Waals surface area contributed by atoms with Crippen LogP contribution in [0, 0.1) is 13.8 Å². The molecular weight excluding hydrogens is 316 g/mol. The van der Waals surface area contributed by atoms with Gasteiger partial charge in [-0.3, -0.25) is 4.79 Å². The first-order valence-corrected chi connectivity index (χ1v) is 7.90. The SMILES string of the molecule is Cc1noc(C)c1C(=O)NC[C@@](O)(c1ccoc1)c1cccs1. The van der Waals surface area contributed by atoms with E-state index in [1.165, 1.54) is 23.9 Å². The quantitative estimate of drug-likeness (QED) is 0.750. The molecule has 0 spiro atoms. The molecule has 2 N–H and O–H groups in total. The lowest BCUT2D eigenvalue weighted by Gasteiger charge is -2.26. The van der Waals surface area contributed by atoms with Crippen LogP contribution in [0.4, 0.5) is 0 Å². The Morgan fingerprint density at radius 2 is 2.26 bits per heavy atom. The van der Waals surface area contributed by atoms with Gasteiger partial charge < -0.3 is 19.4 Å². The molecular formula is C16H16N2O4S. The summed E-state index contributed by atoms with van der Waals surface area (Å²) < 4.78 is 10.1. The molecule has 0 saturated heterocycles. The van der Waals surface area contributed by atoms with Gasteiger partial charge >= 0.3 is 0 Å². The Hall–Kier alpha value is -2.38. The summed E-state index contributed by atoms with van der Waals surface area (Å²) in [5.41, 5.74) is 0.142. The standard InChI is InChI=1S/C16H16N2O4S/c1-10-14(11(2)22-18-10)15(19)17-9-16(20,12-5-6-21-8-12)13-4-3-7-23-13/h3-8,20H,9H2,1-2H3,(H,17,19)/t16-/m1/s1. The topological polar surface area (TPSA) is 88.5 Å². The number of nitrogens with zero attached hydrogens (tertiary/aromatic N) is 1. The molecule has 0 aromatic carbocycles. The number of carbonyl (C=O) groups excluding carboxylic acids is 1. The van der Waals surface area contributed by atoms with Crippen molar-refractivity contribution in [1.82, 2.24) is 10.5 Å². The molecule has 120 valence electrons. The van der Waals surface area contributed by atoms with Gasteiger partial charge in [0, 0.05) is 10.4 Å². The maximum absolute atomic E-state index is 12.4. The molecule has 0 aliphatic heterocycles. The lowest BCUT2D eigenvalue weighted by atomic mass is 9.94. The van der Waals surface area contributed by atoms with Crippen LogP contribution in [0.15, 0.2) is 45.0 Å². The molecule has 0 bridgehead atoms. The van der Waals surface area contributed by atoms with Crippen molar-refractivity contribution >= 4 is 17.2 Å². The van der Waals surface area contributed by atoms with Crippen molar-refractivity contribution in [2.24, 2.45) is 0 Å². The molecule has 3 heterocycles. The number of nitrogens with one attached hydrogen (secondary N) is 1. The summed E-state index contributed by atoms with van der Waals surface area (Å²) in [5, 5.41) is 19.5. The second-order valence-electron chi connectivity index (χ2n) is 5.23. The molecule has 0 unspecified atom stereocenters. The van der Waals surface area contributed by atoms with Gasteiger partial charge in [0.1, 0.15) is 16.9 Å². The third kappa shape index (κ3) is 2.80. The van der Waals surface area contributed by atoms with Gasteiger partial charge in [0.25, 0.3) is 5.91 Å². The number of furan rings is 1. The normalized spacial score (nSPS) is 13.7. The minimum absolute atomic E-state index is 0.00986. The van der Waals surface area contributed by atoms with Gasteiger partial charge in [-0.1, -0.05) is 11.2 Å². The van der Waals surface area contributed by atoms with Crippen LogP contribution in [0.25, 0.3) is 0 Å². The van der Waals surface area contributed by atoms with Gasteiger partial charge in [0.2, 0.25) is 0 Å². The number of aryl methyl sites for hydroxylation is 2. The second kappa shape index (κ2) is 6.02. The zero-order valence-electron chi connectivity index (χ0n) is 12.7. The highest BCUT2D eigenvalue weighted by molar-refractivity contribution is 7.10. The highest BCUT2D eigenvalue weighted by Crippen LogP contribution is 2.32. The molecule has 3 aromatic heterocycles. The van der Waals surface area contributed by atoms with E-state index in [1.54, 1.807) is 19.9 Å². The van der Waals surface area contributed by atoms with E-state index in [1.807, 2.05) is 17.5 Å². The Morgan fingerprint density at radius 1 is 1.43 bits per heavy atom. The Bertz CT molecular complexity index is 737. The Balaban J connectivity index is 1.85. The zero-order valence-corrected chi connectivity index (χ0v) is 13.5. The van der Waals surface area contributed by atoms with E-state index in [-0.39, 0.29) is 12.5 Å². The average molecular weight is 332 g/mol. The first-order valence-electron chi connectivity index (χ1n) is 7.02. The lowest BCUT2D eigenvalue weighted by molar-refractivity contribution is 0.0713. The van der Waals surface area contributed by atoms with Crippen molar-refractivity contribution in [1.29, 1.82) is 0 Å². The smallest absolute Gasteiger partial charge is 0.256 e. The number of aliphatic hydroxyl groups is 1. The fourth-order valence-electron chi connectivity index (χ4n) is 2.45. The lowest BCUT2D eigenvalue weighted by Crippen LogP contribution is -2.41. The van der Waals surface area contributed by atoms with Crippen molar-refractivity contribution in [3.8, 4) is 0 Å². The first kappa shape index (κ1) is 15.5. The largest absolute Gasteiger partial charge is 0.472 e. The maximum atomic E-state index is 12.4. The number of hydrogen-bond acceptors (Lipinski definition) is 6. The summed E-state index contributed by atoms with van der Waals surface area (Å²) in [6.07, 6.45) is 2.96. The molecule has 0 saturated carbocycles. The second-order valence-corrected chi connectivity index (χ2v) is 6.18. The number of carbonyl (C=O) groups is 1. The van der Waals surface area contributed by atoms with Crippen LogP contribution in [0.2, 0.25) is 0 Å². The maximum Gasteiger partial charge on any atom is 0.256 e. The fourth-order valence-corrected chi connectivity index (χ4v) is 3.29. The van der Waals surface area contributed by atoms with Crippen molar-refractivity contribution in [3.63, 3.8) is 0 Å². The van der Waals surface area contributed by atoms with Crippen molar-refractivity contribution < 1.29 is 18.8 Å². The minimum Gasteiger partial charge on any atom is -0.472 e. The van der Waals surface area contributed by atoms with E-state index >= 15 is 0 Å². The van der Waals surface area contributed by atoms with Crippen LogP contribution in [-0.4, -0.2) is 22.7 Å². The average Bonchev–Trinajstić information content (AvgIpc) is 3.27. The number of amides is 1. The molecule has 0 radical (unpaired) electrons. The van der Waals surface area contributed by atoms with Crippen molar-refractivity contribution in [2.45, 2.75) is 19.4 Å². The molecule has 1 atom stereocenters. The highest BCUT2D eigenvalue weighted by Gasteiger charge is 2.34. The van der Waals surface area contributed by atoms with Crippen LogP contribution in [0.1, 0.15) is 32.3 Å². The van der Waals surface area contributed by atoms with E-state index in [2.05, 4.69) is 10.5 Å². The van der Waals surface area contributed by atoms with E-state index in [0.29, 0.717) is 22.6 Å².